The maximum Gasteiger partial charge on any atom is 0.336 e. The van der Waals surface area contributed by atoms with Crippen molar-refractivity contribution in [2.45, 2.75) is 25.6 Å². The SMILES string of the molecule is Cc1cc(=O)oc2c(C)c(OCC(=O)N[C@@H](CSCc3ccccc3)C(=O)O)ccc12. The molecule has 0 saturated carbocycles. The third-order valence-electron chi connectivity index (χ3n) is 4.71. The van der Waals surface area contributed by atoms with Gasteiger partial charge >= 0.3 is 11.6 Å². The van der Waals surface area contributed by atoms with Gasteiger partial charge in [0.25, 0.3) is 5.91 Å². The molecule has 2 aromatic carbocycles. The Kier molecular flexibility index (Phi) is 7.36. The van der Waals surface area contributed by atoms with Crippen LogP contribution in [-0.2, 0) is 15.3 Å². The molecule has 2 N–H and O–H groups in total. The van der Waals surface area contributed by atoms with E-state index in [2.05, 4.69) is 5.32 Å². The Balaban J connectivity index is 1.58. The smallest absolute Gasteiger partial charge is 0.336 e. The second-order valence-corrected chi connectivity index (χ2v) is 8.09. The van der Waals surface area contributed by atoms with Crippen molar-refractivity contribution in [1.82, 2.24) is 5.32 Å². The largest absolute Gasteiger partial charge is 0.483 e. The van der Waals surface area contributed by atoms with Crippen LogP contribution >= 0.6 is 11.8 Å². The molecular weight excluding hydrogens is 418 g/mol. The molecular formula is C23H23NO6S. The summed E-state index contributed by atoms with van der Waals surface area (Å²) < 4.78 is 10.8. The first kappa shape index (κ1) is 22.4. The van der Waals surface area contributed by atoms with Crippen LogP contribution in [0.25, 0.3) is 11.0 Å². The fourth-order valence-corrected chi connectivity index (χ4v) is 4.09. The first-order valence-electron chi connectivity index (χ1n) is 9.66. The van der Waals surface area contributed by atoms with Crippen molar-refractivity contribution in [1.29, 1.82) is 0 Å². The number of carboxylic acid groups (broad SMARTS) is 1. The van der Waals surface area contributed by atoms with Crippen molar-refractivity contribution in [3.63, 3.8) is 0 Å². The molecule has 0 bridgehead atoms. The summed E-state index contributed by atoms with van der Waals surface area (Å²) in [5.74, 6) is -0.375. The zero-order valence-corrected chi connectivity index (χ0v) is 18.0. The molecule has 8 heteroatoms. The lowest BCUT2D eigenvalue weighted by molar-refractivity contribution is -0.141. The molecule has 0 aliphatic rings. The molecule has 1 amide bonds. The maximum atomic E-state index is 12.3. The monoisotopic (exact) mass is 441 g/mol. The highest BCUT2D eigenvalue weighted by Crippen LogP contribution is 2.28. The predicted octanol–water partition coefficient (Wildman–Crippen LogP) is 3.29. The highest BCUT2D eigenvalue weighted by atomic mass is 32.2. The molecule has 0 radical (unpaired) electrons. The lowest BCUT2D eigenvalue weighted by Gasteiger charge is -2.15. The number of carboxylic acids is 1. The summed E-state index contributed by atoms with van der Waals surface area (Å²) in [6.45, 7) is 3.20. The zero-order valence-electron chi connectivity index (χ0n) is 17.2. The second kappa shape index (κ2) is 10.2. The van der Waals surface area contributed by atoms with Crippen molar-refractivity contribution >= 4 is 34.6 Å². The van der Waals surface area contributed by atoms with Crippen LogP contribution < -0.4 is 15.7 Å². The number of ether oxygens (including phenoxy) is 1. The van der Waals surface area contributed by atoms with E-state index in [1.165, 1.54) is 17.8 Å². The number of carbonyl (C=O) groups excluding carboxylic acids is 1. The number of nitrogens with one attached hydrogen (secondary N) is 1. The maximum absolute atomic E-state index is 12.3. The average molecular weight is 442 g/mol. The van der Waals surface area contributed by atoms with E-state index in [0.717, 1.165) is 16.5 Å². The Hall–Kier alpha value is -3.26. The van der Waals surface area contributed by atoms with Crippen LogP contribution in [0.15, 0.2) is 57.7 Å². The molecule has 1 aromatic heterocycles. The summed E-state index contributed by atoms with van der Waals surface area (Å²) in [4.78, 5) is 35.4. The van der Waals surface area contributed by atoms with Gasteiger partial charge in [-0.2, -0.15) is 11.8 Å². The molecule has 31 heavy (non-hydrogen) atoms. The summed E-state index contributed by atoms with van der Waals surface area (Å²) >= 11 is 1.43. The molecule has 0 fully saturated rings. The number of carbonyl (C=O) groups is 2. The molecule has 7 nitrogen and oxygen atoms in total. The fourth-order valence-electron chi connectivity index (χ4n) is 3.08. The van der Waals surface area contributed by atoms with Gasteiger partial charge in [0.1, 0.15) is 17.4 Å². The van der Waals surface area contributed by atoms with Crippen LogP contribution in [0.2, 0.25) is 0 Å². The van der Waals surface area contributed by atoms with Crippen molar-refractivity contribution in [3.05, 3.63) is 75.6 Å². The van der Waals surface area contributed by atoms with Crippen LogP contribution in [-0.4, -0.2) is 35.4 Å². The van der Waals surface area contributed by atoms with Gasteiger partial charge in [0, 0.05) is 28.5 Å². The molecule has 0 aliphatic carbocycles. The Labute approximate surface area is 183 Å². The van der Waals surface area contributed by atoms with E-state index in [-0.39, 0.29) is 12.4 Å². The van der Waals surface area contributed by atoms with Gasteiger partial charge in [0.05, 0.1) is 0 Å². The quantitative estimate of drug-likeness (QED) is 0.491. The van der Waals surface area contributed by atoms with Gasteiger partial charge in [-0.1, -0.05) is 30.3 Å². The highest BCUT2D eigenvalue weighted by molar-refractivity contribution is 7.98. The molecule has 3 aromatic rings. The first-order chi connectivity index (χ1) is 14.8. The number of aryl methyl sites for hydroxylation is 2. The van der Waals surface area contributed by atoms with E-state index >= 15 is 0 Å². The molecule has 3 rings (SSSR count). The van der Waals surface area contributed by atoms with Gasteiger partial charge in [-0.05, 0) is 37.1 Å². The van der Waals surface area contributed by atoms with E-state index in [0.29, 0.717) is 22.6 Å². The third-order valence-corrected chi connectivity index (χ3v) is 5.81. The van der Waals surface area contributed by atoms with Crippen LogP contribution in [0.4, 0.5) is 0 Å². The molecule has 0 saturated heterocycles. The van der Waals surface area contributed by atoms with Gasteiger partial charge in [0.15, 0.2) is 6.61 Å². The summed E-state index contributed by atoms with van der Waals surface area (Å²) in [5.41, 5.74) is 2.42. The van der Waals surface area contributed by atoms with E-state index in [1.54, 1.807) is 19.1 Å². The Morgan fingerprint density at radius 2 is 1.90 bits per heavy atom. The summed E-state index contributed by atoms with van der Waals surface area (Å²) in [7, 11) is 0. The number of thioether (sulfide) groups is 1. The highest BCUT2D eigenvalue weighted by Gasteiger charge is 2.20. The van der Waals surface area contributed by atoms with Gasteiger partial charge in [0.2, 0.25) is 0 Å². The van der Waals surface area contributed by atoms with Crippen LogP contribution in [0.3, 0.4) is 0 Å². The Bertz CT molecular complexity index is 1140. The molecule has 162 valence electrons. The zero-order chi connectivity index (χ0) is 22.4. The van der Waals surface area contributed by atoms with E-state index in [1.807, 2.05) is 37.3 Å². The van der Waals surface area contributed by atoms with Gasteiger partial charge in [-0.15, -0.1) is 0 Å². The summed E-state index contributed by atoms with van der Waals surface area (Å²) in [6, 6.07) is 13.5. The van der Waals surface area contributed by atoms with Gasteiger partial charge < -0.3 is 19.6 Å². The lowest BCUT2D eigenvalue weighted by atomic mass is 10.1. The van der Waals surface area contributed by atoms with Gasteiger partial charge in [-0.25, -0.2) is 9.59 Å². The van der Waals surface area contributed by atoms with Crippen molar-refractivity contribution in [2.24, 2.45) is 0 Å². The van der Waals surface area contributed by atoms with Crippen molar-refractivity contribution in [3.8, 4) is 5.75 Å². The normalized spacial score (nSPS) is 11.8. The minimum absolute atomic E-state index is 0.232. The van der Waals surface area contributed by atoms with Crippen LogP contribution in [0, 0.1) is 13.8 Å². The minimum atomic E-state index is -1.10. The number of amides is 1. The van der Waals surface area contributed by atoms with E-state index in [4.69, 9.17) is 9.15 Å². The topological polar surface area (TPSA) is 106 Å². The third kappa shape index (κ3) is 5.88. The van der Waals surface area contributed by atoms with E-state index in [9.17, 15) is 19.5 Å². The van der Waals surface area contributed by atoms with Crippen LogP contribution in [0.5, 0.6) is 5.75 Å². The van der Waals surface area contributed by atoms with Gasteiger partial charge in [-0.3, -0.25) is 4.79 Å². The Morgan fingerprint density at radius 1 is 1.16 bits per heavy atom. The van der Waals surface area contributed by atoms with E-state index < -0.39 is 23.5 Å². The predicted molar refractivity (Wildman–Crippen MR) is 120 cm³/mol. The average Bonchev–Trinajstić information content (AvgIpc) is 2.73. The number of fused-ring (bicyclic) bond motifs is 1. The van der Waals surface area contributed by atoms with Crippen molar-refractivity contribution in [2.75, 3.05) is 12.4 Å². The number of hydrogen-bond acceptors (Lipinski definition) is 6. The summed E-state index contributed by atoms with van der Waals surface area (Å²) in [5, 5.41) is 12.7. The Morgan fingerprint density at radius 3 is 2.61 bits per heavy atom. The minimum Gasteiger partial charge on any atom is -0.483 e. The number of rotatable bonds is 9. The number of aliphatic carboxylic acids is 1. The number of benzene rings is 2. The first-order valence-corrected chi connectivity index (χ1v) is 10.8. The standard InChI is InChI=1S/C23H23NO6S/c1-14-10-21(26)30-22-15(2)19(9-8-17(14)22)29-11-20(25)24-18(23(27)28)13-31-12-16-6-4-3-5-7-16/h3-10,18H,11-13H2,1-2H3,(H,24,25)(H,27,28)/t18-/m0/s1. The second-order valence-electron chi connectivity index (χ2n) is 7.06. The van der Waals surface area contributed by atoms with Crippen LogP contribution in [0.1, 0.15) is 16.7 Å². The lowest BCUT2D eigenvalue weighted by Crippen LogP contribution is -2.44. The number of hydrogen-bond donors (Lipinski definition) is 2. The molecule has 1 atom stereocenters. The molecule has 0 unspecified atom stereocenters. The fraction of sp³-hybridized carbons (Fsp3) is 0.261. The molecule has 0 aliphatic heterocycles. The summed E-state index contributed by atoms with van der Waals surface area (Å²) in [6.07, 6.45) is 0. The molecule has 1 heterocycles. The molecule has 0 spiro atoms. The van der Waals surface area contributed by atoms with Crippen molar-refractivity contribution < 1.29 is 23.8 Å².